The minimum Gasteiger partial charge on any atom is -0.490 e. The second-order valence-corrected chi connectivity index (χ2v) is 6.02. The normalized spacial score (nSPS) is 10.3. The fourth-order valence-corrected chi connectivity index (χ4v) is 2.58. The Balaban J connectivity index is 1.90. The lowest BCUT2D eigenvalue weighted by Gasteiger charge is -2.13. The van der Waals surface area contributed by atoms with Gasteiger partial charge in [0.2, 0.25) is 0 Å². The predicted molar refractivity (Wildman–Crippen MR) is 107 cm³/mol. The fraction of sp³-hybridized carbons (Fsp3) is 0.400. The molecule has 1 aromatic carbocycles. The number of rotatable bonds is 9. The Morgan fingerprint density at radius 3 is 2.43 bits per heavy atom. The lowest BCUT2D eigenvalue weighted by atomic mass is 10.1. The third-order valence-corrected chi connectivity index (χ3v) is 3.86. The van der Waals surface area contributed by atoms with Crippen LogP contribution < -0.4 is 20.1 Å². The van der Waals surface area contributed by atoms with Gasteiger partial charge in [0.1, 0.15) is 11.3 Å². The molecule has 1 aromatic heterocycles. The van der Waals surface area contributed by atoms with Crippen molar-refractivity contribution < 1.29 is 33.1 Å². The predicted octanol–water partition coefficient (Wildman–Crippen LogP) is 2.85. The van der Waals surface area contributed by atoms with Crippen LogP contribution in [0.25, 0.3) is 0 Å². The van der Waals surface area contributed by atoms with Crippen LogP contribution in [0.1, 0.15) is 42.6 Å². The van der Waals surface area contributed by atoms with Gasteiger partial charge in [-0.1, -0.05) is 12.1 Å². The van der Waals surface area contributed by atoms with Gasteiger partial charge in [0.15, 0.2) is 18.1 Å². The van der Waals surface area contributed by atoms with Gasteiger partial charge in [-0.25, -0.2) is 9.59 Å². The van der Waals surface area contributed by atoms with Gasteiger partial charge in [0.05, 0.1) is 18.9 Å². The molecule has 162 valence electrons. The maximum atomic E-state index is 12.1. The molecule has 0 aliphatic carbocycles. The summed E-state index contributed by atoms with van der Waals surface area (Å²) in [5.74, 6) is -0.217. The van der Waals surface area contributed by atoms with Crippen LogP contribution in [0.4, 0.5) is 10.5 Å². The second-order valence-electron chi connectivity index (χ2n) is 6.02. The highest BCUT2D eigenvalue weighted by Crippen LogP contribution is 2.30. The highest BCUT2D eigenvalue weighted by atomic mass is 16.5. The summed E-state index contributed by atoms with van der Waals surface area (Å²) in [4.78, 5) is 36.1. The molecule has 0 bridgehead atoms. The van der Waals surface area contributed by atoms with Crippen molar-refractivity contribution in [3.8, 4) is 11.5 Å². The van der Waals surface area contributed by atoms with E-state index >= 15 is 0 Å². The number of esters is 1. The van der Waals surface area contributed by atoms with Crippen molar-refractivity contribution in [1.29, 1.82) is 0 Å². The number of imide groups is 1. The topological polar surface area (TPSA) is 129 Å². The van der Waals surface area contributed by atoms with Crippen LogP contribution in [0, 0.1) is 6.92 Å². The number of hydrogen-bond donors (Lipinski definition) is 2. The molecule has 0 radical (unpaired) electrons. The molecule has 3 amide bonds. The Morgan fingerprint density at radius 2 is 1.77 bits per heavy atom. The molecule has 10 heteroatoms. The molecule has 0 aliphatic heterocycles. The quantitative estimate of drug-likeness (QED) is 0.594. The van der Waals surface area contributed by atoms with Gasteiger partial charge in [-0.05, 0) is 39.3 Å². The van der Waals surface area contributed by atoms with Crippen molar-refractivity contribution >= 4 is 23.6 Å². The maximum absolute atomic E-state index is 12.1. The lowest BCUT2D eigenvalue weighted by Crippen LogP contribution is -2.37. The van der Waals surface area contributed by atoms with Crippen molar-refractivity contribution in [2.24, 2.45) is 0 Å². The Morgan fingerprint density at radius 1 is 1.07 bits per heavy atom. The summed E-state index contributed by atoms with van der Waals surface area (Å²) in [6.07, 6.45) is 0.474. The van der Waals surface area contributed by atoms with Crippen LogP contribution in [-0.4, -0.2) is 42.9 Å². The summed E-state index contributed by atoms with van der Waals surface area (Å²) < 4.78 is 20.9. The fourth-order valence-electron chi connectivity index (χ4n) is 2.58. The Kier molecular flexibility index (Phi) is 8.21. The smallest absolute Gasteiger partial charge is 0.344 e. The molecule has 30 heavy (non-hydrogen) atoms. The molecular weight excluding hydrogens is 394 g/mol. The van der Waals surface area contributed by atoms with E-state index < -0.39 is 24.5 Å². The summed E-state index contributed by atoms with van der Waals surface area (Å²) in [7, 11) is 0. The highest BCUT2D eigenvalue weighted by Gasteiger charge is 2.21. The van der Waals surface area contributed by atoms with E-state index in [1.807, 2.05) is 20.8 Å². The minimum absolute atomic E-state index is 0.188. The van der Waals surface area contributed by atoms with E-state index in [1.54, 1.807) is 25.1 Å². The Labute approximate surface area is 173 Å². The average molecular weight is 419 g/mol. The molecule has 0 aliphatic rings. The Hall–Kier alpha value is -3.56. The molecule has 0 saturated carbocycles. The van der Waals surface area contributed by atoms with Gasteiger partial charge in [-0.2, -0.15) is 0 Å². The van der Waals surface area contributed by atoms with Crippen LogP contribution >= 0.6 is 0 Å². The zero-order valence-electron chi connectivity index (χ0n) is 17.4. The highest BCUT2D eigenvalue weighted by molar-refractivity contribution is 6.02. The van der Waals surface area contributed by atoms with Crippen LogP contribution in [0.3, 0.4) is 0 Å². The van der Waals surface area contributed by atoms with Gasteiger partial charge in [0.25, 0.3) is 5.91 Å². The van der Waals surface area contributed by atoms with Gasteiger partial charge >= 0.3 is 12.0 Å². The molecule has 0 unspecified atom stereocenters. The molecule has 2 rings (SSSR count). The van der Waals surface area contributed by atoms with Crippen molar-refractivity contribution in [1.82, 2.24) is 10.5 Å². The molecular formula is C20H25N3O7. The monoisotopic (exact) mass is 419 g/mol. The number of benzene rings is 1. The van der Waals surface area contributed by atoms with E-state index in [0.29, 0.717) is 48.3 Å². The van der Waals surface area contributed by atoms with Gasteiger partial charge in [-0.3, -0.25) is 10.1 Å². The Bertz CT molecular complexity index is 908. The number of carbonyl (C=O) groups is 3. The van der Waals surface area contributed by atoms with Crippen LogP contribution in [0.15, 0.2) is 22.7 Å². The standard InChI is InChI=1S/C20H25N3O7/c1-5-14-18(12(4)30-23-14)19(25)29-11-17(24)22-20(26)21-13-8-9-15(27-6-2)16(10-13)28-7-3/h8-10H,5-7,11H2,1-4H3,(H2,21,22,24,26). The van der Waals surface area contributed by atoms with Crippen molar-refractivity contribution in [3.05, 3.63) is 35.2 Å². The maximum Gasteiger partial charge on any atom is 0.344 e. The number of hydrogen-bond acceptors (Lipinski definition) is 8. The summed E-state index contributed by atoms with van der Waals surface area (Å²) in [5, 5.41) is 8.35. The van der Waals surface area contributed by atoms with E-state index in [4.69, 9.17) is 18.7 Å². The first kappa shape index (κ1) is 22.7. The van der Waals surface area contributed by atoms with Crippen LogP contribution in [-0.2, 0) is 16.0 Å². The first-order valence-corrected chi connectivity index (χ1v) is 9.52. The molecule has 1 heterocycles. The van der Waals surface area contributed by atoms with E-state index in [0.717, 1.165) is 0 Å². The first-order valence-electron chi connectivity index (χ1n) is 9.52. The van der Waals surface area contributed by atoms with Crippen LogP contribution in [0.2, 0.25) is 0 Å². The first-order chi connectivity index (χ1) is 14.4. The number of urea groups is 1. The summed E-state index contributed by atoms with van der Waals surface area (Å²) in [5.41, 5.74) is 1.03. The zero-order valence-corrected chi connectivity index (χ0v) is 17.4. The SMILES string of the molecule is CCOc1ccc(NC(=O)NC(=O)COC(=O)c2c(CC)noc2C)cc1OCC. The third kappa shape index (κ3) is 5.97. The van der Waals surface area contributed by atoms with Gasteiger partial charge < -0.3 is 24.1 Å². The molecule has 2 aromatic rings. The number of aryl methyl sites for hydroxylation is 2. The van der Waals surface area contributed by atoms with Gasteiger partial charge in [-0.15, -0.1) is 0 Å². The third-order valence-electron chi connectivity index (χ3n) is 3.86. The number of nitrogens with zero attached hydrogens (tertiary/aromatic N) is 1. The molecule has 10 nitrogen and oxygen atoms in total. The number of nitrogens with one attached hydrogen (secondary N) is 2. The largest absolute Gasteiger partial charge is 0.490 e. The van der Waals surface area contributed by atoms with E-state index in [2.05, 4.69) is 15.8 Å². The van der Waals surface area contributed by atoms with Crippen molar-refractivity contribution in [2.75, 3.05) is 25.1 Å². The average Bonchev–Trinajstić information content (AvgIpc) is 3.09. The summed E-state index contributed by atoms with van der Waals surface area (Å²) >= 11 is 0. The molecule has 0 fully saturated rings. The molecule has 2 N–H and O–H groups in total. The molecule has 0 atom stereocenters. The second kappa shape index (κ2) is 10.8. The van der Waals surface area contributed by atoms with Crippen molar-refractivity contribution in [3.63, 3.8) is 0 Å². The zero-order chi connectivity index (χ0) is 22.1. The number of ether oxygens (including phenoxy) is 3. The molecule has 0 spiro atoms. The summed E-state index contributed by atoms with van der Waals surface area (Å²) in [6, 6.07) is 4.07. The summed E-state index contributed by atoms with van der Waals surface area (Å²) in [6.45, 7) is 7.31. The minimum atomic E-state index is -0.788. The number of anilines is 1. The number of aromatic nitrogens is 1. The van der Waals surface area contributed by atoms with E-state index in [9.17, 15) is 14.4 Å². The number of amides is 3. The van der Waals surface area contributed by atoms with E-state index in [1.165, 1.54) is 0 Å². The van der Waals surface area contributed by atoms with E-state index in [-0.39, 0.29) is 5.56 Å². The van der Waals surface area contributed by atoms with Crippen molar-refractivity contribution in [2.45, 2.75) is 34.1 Å². The number of carbonyl (C=O) groups excluding carboxylic acids is 3. The lowest BCUT2D eigenvalue weighted by molar-refractivity contribution is -0.123. The van der Waals surface area contributed by atoms with Crippen LogP contribution in [0.5, 0.6) is 11.5 Å². The molecule has 0 saturated heterocycles. The van der Waals surface area contributed by atoms with Gasteiger partial charge in [0, 0.05) is 11.8 Å².